The Morgan fingerprint density at radius 1 is 1.03 bits per heavy atom. The van der Waals surface area contributed by atoms with E-state index in [2.05, 4.69) is 4.90 Å². The Bertz CT molecular complexity index is 1150. The zero-order chi connectivity index (χ0) is 23.8. The average molecular weight is 494 g/mol. The van der Waals surface area contributed by atoms with Gasteiger partial charge in [0, 0.05) is 43.0 Å². The molecule has 33 heavy (non-hydrogen) atoms. The van der Waals surface area contributed by atoms with Crippen LogP contribution in [0.3, 0.4) is 0 Å². The standard InChI is InChI=1S/C23H28ClN3O5S/c1-16-4-5-18(24)14-20(16)25-8-10-26(11-9-25)23(28)17(2)27(33(3,29)30)19-6-7-21-22(15-19)32-13-12-31-21/h4-7,14-15,17H,8-13H2,1-3H3/t17-/m1/s1. The SMILES string of the molecule is Cc1ccc(Cl)cc1N1CCN(C(=O)[C@@H](C)N(c2ccc3c(c2)OCCO3)S(C)(=O)=O)CC1. The summed E-state index contributed by atoms with van der Waals surface area (Å²) in [6, 6.07) is 9.79. The molecule has 0 spiro atoms. The molecule has 2 aliphatic rings. The van der Waals surface area contributed by atoms with Crippen molar-refractivity contribution >= 4 is 38.9 Å². The first-order valence-corrected chi connectivity index (χ1v) is 13.1. The number of aryl methyl sites for hydroxylation is 1. The second-order valence-electron chi connectivity index (χ2n) is 8.31. The van der Waals surface area contributed by atoms with Crippen molar-refractivity contribution in [2.45, 2.75) is 19.9 Å². The van der Waals surface area contributed by atoms with E-state index >= 15 is 0 Å². The predicted molar refractivity (Wildman–Crippen MR) is 129 cm³/mol. The van der Waals surface area contributed by atoms with Gasteiger partial charge in [0.05, 0.1) is 11.9 Å². The van der Waals surface area contributed by atoms with Crippen molar-refractivity contribution in [1.82, 2.24) is 4.90 Å². The molecule has 0 saturated carbocycles. The van der Waals surface area contributed by atoms with E-state index in [-0.39, 0.29) is 5.91 Å². The fraction of sp³-hybridized carbons (Fsp3) is 0.435. The number of carbonyl (C=O) groups is 1. The summed E-state index contributed by atoms with van der Waals surface area (Å²) in [6.07, 6.45) is 1.10. The minimum Gasteiger partial charge on any atom is -0.486 e. The van der Waals surface area contributed by atoms with Gasteiger partial charge in [-0.3, -0.25) is 9.10 Å². The molecule has 1 amide bonds. The molecule has 178 valence electrons. The summed E-state index contributed by atoms with van der Waals surface area (Å²) in [5, 5.41) is 0.672. The number of benzene rings is 2. The van der Waals surface area contributed by atoms with Gasteiger partial charge in [0.25, 0.3) is 0 Å². The largest absolute Gasteiger partial charge is 0.486 e. The maximum atomic E-state index is 13.3. The Morgan fingerprint density at radius 2 is 1.70 bits per heavy atom. The number of nitrogens with zero attached hydrogens (tertiary/aromatic N) is 3. The van der Waals surface area contributed by atoms with Crippen LogP contribution in [0.25, 0.3) is 0 Å². The average Bonchev–Trinajstić information content (AvgIpc) is 2.79. The van der Waals surface area contributed by atoms with Gasteiger partial charge in [-0.05, 0) is 43.7 Å². The van der Waals surface area contributed by atoms with Crippen molar-refractivity contribution in [3.63, 3.8) is 0 Å². The van der Waals surface area contributed by atoms with E-state index in [9.17, 15) is 13.2 Å². The van der Waals surface area contributed by atoms with Gasteiger partial charge in [-0.25, -0.2) is 8.42 Å². The van der Waals surface area contributed by atoms with Crippen LogP contribution >= 0.6 is 11.6 Å². The Labute approximate surface area is 199 Å². The molecular weight excluding hydrogens is 466 g/mol. The zero-order valence-electron chi connectivity index (χ0n) is 19.0. The Hall–Kier alpha value is -2.65. The van der Waals surface area contributed by atoms with Gasteiger partial charge in [-0.2, -0.15) is 0 Å². The molecule has 2 aliphatic heterocycles. The van der Waals surface area contributed by atoms with Crippen LogP contribution in [0.5, 0.6) is 11.5 Å². The first-order chi connectivity index (χ1) is 15.6. The number of hydrogen-bond donors (Lipinski definition) is 0. The Morgan fingerprint density at radius 3 is 2.36 bits per heavy atom. The number of hydrogen-bond acceptors (Lipinski definition) is 6. The highest BCUT2D eigenvalue weighted by Gasteiger charge is 2.34. The quantitative estimate of drug-likeness (QED) is 0.637. The lowest BCUT2D eigenvalue weighted by atomic mass is 10.1. The molecular formula is C23H28ClN3O5S. The van der Waals surface area contributed by atoms with Crippen LogP contribution in [-0.4, -0.2) is 70.9 Å². The van der Waals surface area contributed by atoms with E-state index in [4.69, 9.17) is 21.1 Å². The first-order valence-electron chi connectivity index (χ1n) is 10.8. The number of fused-ring (bicyclic) bond motifs is 1. The maximum Gasteiger partial charge on any atom is 0.246 e. The Balaban J connectivity index is 1.50. The zero-order valence-corrected chi connectivity index (χ0v) is 20.5. The van der Waals surface area contributed by atoms with Gasteiger partial charge in [-0.15, -0.1) is 0 Å². The molecule has 2 aromatic rings. The van der Waals surface area contributed by atoms with Crippen molar-refractivity contribution in [1.29, 1.82) is 0 Å². The number of carbonyl (C=O) groups excluding carboxylic acids is 1. The second kappa shape index (κ2) is 9.30. The molecule has 0 bridgehead atoms. The highest BCUT2D eigenvalue weighted by atomic mass is 35.5. The fourth-order valence-corrected chi connectivity index (χ4v) is 5.65. The third-order valence-electron chi connectivity index (χ3n) is 5.95. The summed E-state index contributed by atoms with van der Waals surface area (Å²) in [5.74, 6) is 0.792. The van der Waals surface area contributed by atoms with E-state index in [1.807, 2.05) is 25.1 Å². The lowest BCUT2D eigenvalue weighted by molar-refractivity contribution is -0.132. The van der Waals surface area contributed by atoms with E-state index < -0.39 is 16.1 Å². The highest BCUT2D eigenvalue weighted by Crippen LogP contribution is 2.35. The fourth-order valence-electron chi connectivity index (χ4n) is 4.33. The number of rotatable bonds is 5. The van der Waals surface area contributed by atoms with E-state index in [1.54, 1.807) is 30.0 Å². The van der Waals surface area contributed by atoms with Gasteiger partial charge < -0.3 is 19.3 Å². The number of sulfonamides is 1. The van der Waals surface area contributed by atoms with Crippen molar-refractivity contribution in [3.8, 4) is 11.5 Å². The lowest BCUT2D eigenvalue weighted by Crippen LogP contribution is -2.55. The maximum absolute atomic E-state index is 13.3. The second-order valence-corrected chi connectivity index (χ2v) is 10.6. The molecule has 0 aliphatic carbocycles. The summed E-state index contributed by atoms with van der Waals surface area (Å²) in [7, 11) is -3.73. The topological polar surface area (TPSA) is 79.4 Å². The Kier molecular flexibility index (Phi) is 6.63. The molecule has 4 rings (SSSR count). The van der Waals surface area contributed by atoms with E-state index in [1.165, 1.54) is 0 Å². The molecule has 1 atom stereocenters. The van der Waals surface area contributed by atoms with Gasteiger partial charge in [0.2, 0.25) is 15.9 Å². The van der Waals surface area contributed by atoms with E-state index in [0.29, 0.717) is 61.6 Å². The predicted octanol–water partition coefficient (Wildman–Crippen LogP) is 2.92. The minimum atomic E-state index is -3.73. The number of piperazine rings is 1. The molecule has 0 unspecified atom stereocenters. The molecule has 0 aromatic heterocycles. The smallest absolute Gasteiger partial charge is 0.246 e. The van der Waals surface area contributed by atoms with Crippen molar-refractivity contribution in [3.05, 3.63) is 47.0 Å². The van der Waals surface area contributed by atoms with Crippen molar-refractivity contribution in [2.75, 3.05) is 54.9 Å². The monoisotopic (exact) mass is 493 g/mol. The summed E-state index contributed by atoms with van der Waals surface area (Å²) in [4.78, 5) is 17.3. The summed E-state index contributed by atoms with van der Waals surface area (Å²) in [5.41, 5.74) is 2.54. The molecule has 0 N–H and O–H groups in total. The summed E-state index contributed by atoms with van der Waals surface area (Å²) < 4.78 is 37.7. The molecule has 10 heteroatoms. The molecule has 2 heterocycles. The number of anilines is 2. The van der Waals surface area contributed by atoms with Crippen LogP contribution in [-0.2, 0) is 14.8 Å². The molecule has 0 radical (unpaired) electrons. The molecule has 2 aromatic carbocycles. The van der Waals surface area contributed by atoms with Crippen LogP contribution in [0, 0.1) is 6.92 Å². The molecule has 8 nitrogen and oxygen atoms in total. The van der Waals surface area contributed by atoms with Crippen LogP contribution in [0.1, 0.15) is 12.5 Å². The van der Waals surface area contributed by atoms with Crippen LogP contribution < -0.4 is 18.7 Å². The van der Waals surface area contributed by atoms with Crippen LogP contribution in [0.15, 0.2) is 36.4 Å². The number of amides is 1. The third kappa shape index (κ3) is 4.99. The summed E-state index contributed by atoms with van der Waals surface area (Å²) in [6.45, 7) is 6.75. The van der Waals surface area contributed by atoms with Crippen LogP contribution in [0.4, 0.5) is 11.4 Å². The van der Waals surface area contributed by atoms with Gasteiger partial charge in [0.1, 0.15) is 19.3 Å². The minimum absolute atomic E-state index is 0.238. The summed E-state index contributed by atoms with van der Waals surface area (Å²) >= 11 is 6.17. The molecule has 1 saturated heterocycles. The highest BCUT2D eigenvalue weighted by molar-refractivity contribution is 7.92. The van der Waals surface area contributed by atoms with Crippen molar-refractivity contribution in [2.24, 2.45) is 0 Å². The van der Waals surface area contributed by atoms with Crippen molar-refractivity contribution < 1.29 is 22.7 Å². The van der Waals surface area contributed by atoms with Gasteiger partial charge in [0.15, 0.2) is 11.5 Å². The molecule has 1 fully saturated rings. The number of ether oxygens (including phenoxy) is 2. The van der Waals surface area contributed by atoms with E-state index in [0.717, 1.165) is 21.8 Å². The van der Waals surface area contributed by atoms with Gasteiger partial charge in [-0.1, -0.05) is 17.7 Å². The lowest BCUT2D eigenvalue weighted by Gasteiger charge is -2.39. The first kappa shape index (κ1) is 23.5. The normalized spacial score (nSPS) is 17.0. The number of halogens is 1. The van der Waals surface area contributed by atoms with Gasteiger partial charge >= 0.3 is 0 Å². The van der Waals surface area contributed by atoms with Crippen LogP contribution in [0.2, 0.25) is 5.02 Å². The third-order valence-corrected chi connectivity index (χ3v) is 7.43.